The Hall–Kier alpha value is -0.880. The topological polar surface area (TPSA) is 58.2 Å². The Kier molecular flexibility index (Phi) is 3.05. The minimum absolute atomic E-state index is 0.149. The fraction of sp³-hybridized carbons (Fsp3) is 0.429. The van der Waals surface area contributed by atoms with E-state index < -0.39 is 16.0 Å². The van der Waals surface area contributed by atoms with Crippen molar-refractivity contribution in [2.75, 3.05) is 12.8 Å². The van der Waals surface area contributed by atoms with E-state index >= 15 is 0 Å². The van der Waals surface area contributed by atoms with Gasteiger partial charge in [-0.05, 0) is 6.08 Å². The summed E-state index contributed by atoms with van der Waals surface area (Å²) in [6, 6.07) is -0.320. The summed E-state index contributed by atoms with van der Waals surface area (Å²) in [7, 11) is -3.21. The van der Waals surface area contributed by atoms with Gasteiger partial charge in [-0.3, -0.25) is 0 Å². The van der Waals surface area contributed by atoms with Crippen molar-refractivity contribution in [1.29, 1.82) is 0 Å². The lowest BCUT2D eigenvalue weighted by Crippen LogP contribution is -2.39. The van der Waals surface area contributed by atoms with Crippen LogP contribution < -0.4 is 10.0 Å². The summed E-state index contributed by atoms with van der Waals surface area (Å²) in [4.78, 5) is 0. The SMILES string of the molecule is CS(=O)(=O)NCC1C=CC=C(F)N1. The zero-order valence-electron chi connectivity index (χ0n) is 7.12. The maximum absolute atomic E-state index is 12.6. The van der Waals surface area contributed by atoms with Crippen LogP contribution in [0.25, 0.3) is 0 Å². The van der Waals surface area contributed by atoms with Gasteiger partial charge in [0.05, 0.1) is 12.3 Å². The summed E-state index contributed by atoms with van der Waals surface area (Å²) in [5.41, 5.74) is 0. The maximum Gasteiger partial charge on any atom is 0.208 e. The summed E-state index contributed by atoms with van der Waals surface area (Å²) in [5, 5.41) is 2.47. The van der Waals surface area contributed by atoms with Gasteiger partial charge in [0.2, 0.25) is 10.0 Å². The second-order valence-corrected chi connectivity index (χ2v) is 4.60. The Morgan fingerprint density at radius 3 is 2.92 bits per heavy atom. The molecule has 0 aromatic rings. The second kappa shape index (κ2) is 3.89. The first-order valence-electron chi connectivity index (χ1n) is 3.72. The Morgan fingerprint density at radius 1 is 1.69 bits per heavy atom. The van der Waals surface area contributed by atoms with E-state index in [4.69, 9.17) is 0 Å². The minimum atomic E-state index is -3.21. The molecule has 0 amide bonds. The van der Waals surface area contributed by atoms with Crippen molar-refractivity contribution >= 4 is 10.0 Å². The van der Waals surface area contributed by atoms with Gasteiger partial charge in [0.15, 0.2) is 5.95 Å². The van der Waals surface area contributed by atoms with Crippen molar-refractivity contribution in [3.63, 3.8) is 0 Å². The first-order chi connectivity index (χ1) is 5.97. The van der Waals surface area contributed by atoms with Crippen LogP contribution in [-0.4, -0.2) is 27.3 Å². The molecule has 0 fully saturated rings. The lowest BCUT2D eigenvalue weighted by Gasteiger charge is -2.16. The quantitative estimate of drug-likeness (QED) is 0.633. The molecule has 4 nitrogen and oxygen atoms in total. The van der Waals surface area contributed by atoms with Crippen LogP contribution in [0.5, 0.6) is 0 Å². The summed E-state index contributed by atoms with van der Waals surface area (Å²) >= 11 is 0. The predicted octanol–water partition coefficient (Wildman–Crippen LogP) is -0.125. The van der Waals surface area contributed by atoms with Crippen molar-refractivity contribution in [3.05, 3.63) is 24.2 Å². The molecular formula is C7H11FN2O2S. The second-order valence-electron chi connectivity index (χ2n) is 2.77. The molecule has 0 aliphatic carbocycles. The molecule has 2 N–H and O–H groups in total. The van der Waals surface area contributed by atoms with E-state index in [0.717, 1.165) is 6.26 Å². The van der Waals surface area contributed by atoms with E-state index in [-0.39, 0.29) is 12.6 Å². The summed E-state index contributed by atoms with van der Waals surface area (Å²) in [6.07, 6.45) is 5.56. The molecule has 0 saturated carbocycles. The molecule has 1 unspecified atom stereocenters. The highest BCUT2D eigenvalue weighted by Crippen LogP contribution is 2.02. The summed E-state index contributed by atoms with van der Waals surface area (Å²) < 4.78 is 36.2. The monoisotopic (exact) mass is 206 g/mol. The van der Waals surface area contributed by atoms with Gasteiger partial charge in [-0.15, -0.1) is 0 Å². The minimum Gasteiger partial charge on any atom is -0.354 e. The normalized spacial score (nSPS) is 22.3. The first-order valence-corrected chi connectivity index (χ1v) is 5.62. The zero-order chi connectivity index (χ0) is 9.90. The van der Waals surface area contributed by atoms with Gasteiger partial charge < -0.3 is 5.32 Å². The number of rotatable bonds is 3. The number of nitrogens with one attached hydrogen (secondary N) is 2. The third-order valence-corrected chi connectivity index (χ3v) is 2.17. The lowest BCUT2D eigenvalue weighted by molar-refractivity contribution is 0.494. The van der Waals surface area contributed by atoms with Crippen LogP contribution in [0.15, 0.2) is 24.2 Å². The van der Waals surface area contributed by atoms with Gasteiger partial charge in [0.25, 0.3) is 0 Å². The molecule has 0 radical (unpaired) electrons. The Bertz CT molecular complexity index is 334. The number of hydrogen-bond acceptors (Lipinski definition) is 3. The summed E-state index contributed by atoms with van der Waals surface area (Å²) in [5.74, 6) is -0.456. The van der Waals surface area contributed by atoms with Crippen molar-refractivity contribution in [3.8, 4) is 0 Å². The number of sulfonamides is 1. The molecule has 1 rings (SSSR count). The number of hydrogen-bond donors (Lipinski definition) is 2. The van der Waals surface area contributed by atoms with Gasteiger partial charge in [-0.1, -0.05) is 12.2 Å². The Labute approximate surface area is 76.6 Å². The zero-order valence-corrected chi connectivity index (χ0v) is 7.94. The predicted molar refractivity (Wildman–Crippen MR) is 48.1 cm³/mol. The largest absolute Gasteiger partial charge is 0.354 e. The molecule has 0 bridgehead atoms. The molecule has 0 saturated heterocycles. The standard InChI is InChI=1S/C7H11FN2O2S/c1-13(11,12)9-5-6-3-2-4-7(8)10-6/h2-4,6,9-10H,5H2,1H3. The van der Waals surface area contributed by atoms with Crippen LogP contribution in [0.4, 0.5) is 4.39 Å². The molecule has 1 heterocycles. The van der Waals surface area contributed by atoms with Crippen molar-refractivity contribution in [1.82, 2.24) is 10.0 Å². The third-order valence-electron chi connectivity index (χ3n) is 1.47. The van der Waals surface area contributed by atoms with Crippen molar-refractivity contribution in [2.45, 2.75) is 6.04 Å². The van der Waals surface area contributed by atoms with E-state index in [2.05, 4.69) is 10.0 Å². The summed E-state index contributed by atoms with van der Waals surface area (Å²) in [6.45, 7) is 0.149. The smallest absolute Gasteiger partial charge is 0.208 e. The van der Waals surface area contributed by atoms with E-state index in [1.165, 1.54) is 6.08 Å². The Balaban J connectivity index is 2.41. The van der Waals surface area contributed by atoms with E-state index in [9.17, 15) is 12.8 Å². The number of dihydropyridines is 1. The van der Waals surface area contributed by atoms with Crippen LogP contribution in [0.3, 0.4) is 0 Å². The van der Waals surface area contributed by atoms with Crippen LogP contribution >= 0.6 is 0 Å². The van der Waals surface area contributed by atoms with E-state index in [1.54, 1.807) is 12.2 Å². The average molecular weight is 206 g/mol. The van der Waals surface area contributed by atoms with Gasteiger partial charge in [-0.2, -0.15) is 4.39 Å². The highest BCUT2D eigenvalue weighted by Gasteiger charge is 2.11. The molecular weight excluding hydrogens is 195 g/mol. The van der Waals surface area contributed by atoms with Crippen LogP contribution in [0.1, 0.15) is 0 Å². The molecule has 1 aliphatic heterocycles. The molecule has 13 heavy (non-hydrogen) atoms. The lowest BCUT2D eigenvalue weighted by atomic mass is 10.2. The van der Waals surface area contributed by atoms with Crippen LogP contribution in [0.2, 0.25) is 0 Å². The molecule has 6 heteroatoms. The average Bonchev–Trinajstić information content (AvgIpc) is 2.00. The van der Waals surface area contributed by atoms with Crippen molar-refractivity contribution < 1.29 is 12.8 Å². The van der Waals surface area contributed by atoms with E-state index in [1.807, 2.05) is 0 Å². The van der Waals surface area contributed by atoms with Gasteiger partial charge in [0, 0.05) is 6.54 Å². The fourth-order valence-corrected chi connectivity index (χ4v) is 1.39. The van der Waals surface area contributed by atoms with Gasteiger partial charge in [0.1, 0.15) is 0 Å². The number of allylic oxidation sites excluding steroid dienone is 2. The first kappa shape index (κ1) is 10.2. The highest BCUT2D eigenvalue weighted by atomic mass is 32.2. The highest BCUT2D eigenvalue weighted by molar-refractivity contribution is 7.88. The third kappa shape index (κ3) is 4.05. The van der Waals surface area contributed by atoms with Crippen molar-refractivity contribution in [2.24, 2.45) is 0 Å². The molecule has 0 aromatic heterocycles. The van der Waals surface area contributed by atoms with Gasteiger partial charge >= 0.3 is 0 Å². The molecule has 1 aliphatic rings. The maximum atomic E-state index is 12.6. The van der Waals surface area contributed by atoms with Gasteiger partial charge in [-0.25, -0.2) is 13.1 Å². The Morgan fingerprint density at radius 2 is 2.38 bits per heavy atom. The fourth-order valence-electron chi connectivity index (χ4n) is 0.908. The van der Waals surface area contributed by atoms with Crippen LogP contribution in [-0.2, 0) is 10.0 Å². The molecule has 0 spiro atoms. The molecule has 74 valence electrons. The molecule has 0 aromatic carbocycles. The molecule has 1 atom stereocenters. The number of halogens is 1. The van der Waals surface area contributed by atoms with Crippen LogP contribution in [0, 0.1) is 0 Å². The van der Waals surface area contributed by atoms with E-state index in [0.29, 0.717) is 0 Å².